The summed E-state index contributed by atoms with van der Waals surface area (Å²) in [6.07, 6.45) is 3.26. The Hall–Kier alpha value is -1.91. The molecule has 0 radical (unpaired) electrons. The number of hydrogen-bond acceptors (Lipinski definition) is 3. The smallest absolute Gasteiger partial charge is 0.303 e. The number of carbonyl (C=O) groups excluding carboxylic acids is 1. The zero-order valence-corrected chi connectivity index (χ0v) is 8.80. The van der Waals surface area contributed by atoms with E-state index in [1.165, 1.54) is 0 Å². The van der Waals surface area contributed by atoms with Gasteiger partial charge in [0.1, 0.15) is 0 Å². The minimum atomic E-state index is -0.862. The summed E-state index contributed by atoms with van der Waals surface area (Å²) in [7, 11) is 0. The van der Waals surface area contributed by atoms with E-state index in [-0.39, 0.29) is 12.5 Å². The third-order valence-corrected chi connectivity index (χ3v) is 2.19. The van der Waals surface area contributed by atoms with Gasteiger partial charge in [0.05, 0.1) is 0 Å². The van der Waals surface area contributed by atoms with E-state index >= 15 is 0 Å². The average molecular weight is 222 g/mol. The van der Waals surface area contributed by atoms with Gasteiger partial charge in [0.2, 0.25) is 6.41 Å². The number of aromatic nitrogens is 1. The Morgan fingerprint density at radius 2 is 2.38 bits per heavy atom. The fraction of sp³-hybridized carbons (Fsp3) is 0.364. The Kier molecular flexibility index (Phi) is 4.98. The van der Waals surface area contributed by atoms with E-state index in [0.717, 1.165) is 5.69 Å². The molecular formula is C11H14N2O3. The molecule has 0 aliphatic rings. The van der Waals surface area contributed by atoms with Crippen LogP contribution in [0.3, 0.4) is 0 Å². The van der Waals surface area contributed by atoms with Crippen molar-refractivity contribution >= 4 is 12.4 Å². The molecule has 0 spiro atoms. The summed E-state index contributed by atoms with van der Waals surface area (Å²) in [5.41, 5.74) is 0.840. The van der Waals surface area contributed by atoms with Gasteiger partial charge in [0.15, 0.2) is 0 Å². The summed E-state index contributed by atoms with van der Waals surface area (Å²) in [5, 5.41) is 11.2. The van der Waals surface area contributed by atoms with E-state index in [1.54, 1.807) is 6.20 Å². The van der Waals surface area contributed by atoms with Crippen molar-refractivity contribution in [3.8, 4) is 0 Å². The zero-order chi connectivity index (χ0) is 11.8. The molecular weight excluding hydrogens is 208 g/mol. The Morgan fingerprint density at radius 1 is 1.56 bits per heavy atom. The molecule has 0 aliphatic carbocycles. The molecule has 0 aromatic carbocycles. The number of carboxylic acids is 1. The van der Waals surface area contributed by atoms with Gasteiger partial charge in [-0.1, -0.05) is 6.07 Å². The second-order valence-electron chi connectivity index (χ2n) is 3.44. The van der Waals surface area contributed by atoms with Crippen molar-refractivity contribution in [1.29, 1.82) is 0 Å². The molecule has 1 atom stereocenters. The van der Waals surface area contributed by atoms with Crippen molar-refractivity contribution in [3.63, 3.8) is 0 Å². The number of hydrogen-bond donors (Lipinski definition) is 2. The highest BCUT2D eigenvalue weighted by Gasteiger charge is 2.11. The Bertz CT molecular complexity index is 340. The predicted molar refractivity (Wildman–Crippen MR) is 57.8 cm³/mol. The van der Waals surface area contributed by atoms with Gasteiger partial charge in [-0.2, -0.15) is 0 Å². The fourth-order valence-corrected chi connectivity index (χ4v) is 1.41. The van der Waals surface area contributed by atoms with Gasteiger partial charge in [-0.25, -0.2) is 0 Å². The minimum Gasteiger partial charge on any atom is -0.481 e. The monoisotopic (exact) mass is 222 g/mol. The molecule has 1 aromatic rings. The third-order valence-electron chi connectivity index (χ3n) is 2.19. The molecule has 1 unspecified atom stereocenters. The first-order chi connectivity index (χ1) is 7.72. The maximum atomic E-state index is 10.4. The minimum absolute atomic E-state index is 0.0400. The van der Waals surface area contributed by atoms with Gasteiger partial charge >= 0.3 is 5.97 Å². The van der Waals surface area contributed by atoms with Gasteiger partial charge < -0.3 is 10.4 Å². The summed E-state index contributed by atoms with van der Waals surface area (Å²) < 4.78 is 0. The van der Waals surface area contributed by atoms with Crippen molar-refractivity contribution in [2.24, 2.45) is 0 Å². The highest BCUT2D eigenvalue weighted by Crippen LogP contribution is 2.04. The second kappa shape index (κ2) is 6.55. The van der Waals surface area contributed by atoms with Gasteiger partial charge in [-0.15, -0.1) is 0 Å². The number of nitrogens with one attached hydrogen (secondary N) is 1. The molecule has 0 saturated carbocycles. The van der Waals surface area contributed by atoms with Crippen molar-refractivity contribution < 1.29 is 14.7 Å². The lowest BCUT2D eigenvalue weighted by atomic mass is 10.1. The first-order valence-corrected chi connectivity index (χ1v) is 5.03. The maximum absolute atomic E-state index is 10.4. The van der Waals surface area contributed by atoms with Crippen LogP contribution in [0.15, 0.2) is 24.4 Å². The van der Waals surface area contributed by atoms with Crippen LogP contribution in [0.25, 0.3) is 0 Å². The molecule has 0 bridgehead atoms. The van der Waals surface area contributed by atoms with E-state index in [0.29, 0.717) is 19.3 Å². The quantitative estimate of drug-likeness (QED) is 0.662. The van der Waals surface area contributed by atoms with Crippen LogP contribution in [-0.2, 0) is 16.0 Å². The molecule has 0 aliphatic heterocycles. The Labute approximate surface area is 93.5 Å². The van der Waals surface area contributed by atoms with Crippen molar-refractivity contribution in [2.45, 2.75) is 25.3 Å². The highest BCUT2D eigenvalue weighted by atomic mass is 16.4. The number of carboxylic acid groups (broad SMARTS) is 1. The van der Waals surface area contributed by atoms with Crippen molar-refractivity contribution in [1.82, 2.24) is 10.3 Å². The van der Waals surface area contributed by atoms with Crippen LogP contribution in [0, 0.1) is 0 Å². The van der Waals surface area contributed by atoms with E-state index < -0.39 is 5.97 Å². The van der Waals surface area contributed by atoms with Crippen molar-refractivity contribution in [3.05, 3.63) is 30.1 Å². The number of aliphatic carboxylic acids is 1. The summed E-state index contributed by atoms with van der Waals surface area (Å²) in [4.78, 5) is 24.9. The number of pyridine rings is 1. The molecule has 0 saturated heterocycles. The molecule has 2 N–H and O–H groups in total. The van der Waals surface area contributed by atoms with Crippen molar-refractivity contribution in [2.75, 3.05) is 0 Å². The summed E-state index contributed by atoms with van der Waals surface area (Å²) in [5.74, 6) is -0.862. The lowest BCUT2D eigenvalue weighted by Crippen LogP contribution is -2.30. The van der Waals surface area contributed by atoms with E-state index in [9.17, 15) is 9.59 Å². The number of nitrogens with zero attached hydrogens (tertiary/aromatic N) is 1. The van der Waals surface area contributed by atoms with Crippen LogP contribution in [0.2, 0.25) is 0 Å². The second-order valence-corrected chi connectivity index (χ2v) is 3.44. The van der Waals surface area contributed by atoms with Crippen LogP contribution < -0.4 is 5.32 Å². The molecule has 86 valence electrons. The van der Waals surface area contributed by atoms with Crippen LogP contribution in [-0.4, -0.2) is 28.5 Å². The van der Waals surface area contributed by atoms with Crippen LogP contribution in [0.4, 0.5) is 0 Å². The van der Waals surface area contributed by atoms with Gasteiger partial charge in [-0.3, -0.25) is 14.6 Å². The molecule has 1 rings (SSSR count). The summed E-state index contributed by atoms with van der Waals surface area (Å²) >= 11 is 0. The first kappa shape index (κ1) is 12.2. The van der Waals surface area contributed by atoms with Crippen LogP contribution >= 0.6 is 0 Å². The van der Waals surface area contributed by atoms with E-state index in [1.807, 2.05) is 18.2 Å². The number of amides is 1. The van der Waals surface area contributed by atoms with Gasteiger partial charge in [0, 0.05) is 30.8 Å². The van der Waals surface area contributed by atoms with Crippen LogP contribution in [0.5, 0.6) is 0 Å². The normalized spacial score (nSPS) is 11.8. The zero-order valence-electron chi connectivity index (χ0n) is 8.80. The summed E-state index contributed by atoms with van der Waals surface area (Å²) in [6, 6.07) is 5.34. The molecule has 16 heavy (non-hydrogen) atoms. The highest BCUT2D eigenvalue weighted by molar-refractivity contribution is 5.66. The molecule has 5 heteroatoms. The molecule has 1 heterocycles. The van der Waals surface area contributed by atoms with E-state index in [2.05, 4.69) is 10.3 Å². The standard InChI is InChI=1S/C11H14N2O3/c14-8-13-10(4-5-11(15)16)7-9-3-1-2-6-12-9/h1-3,6,8,10H,4-5,7H2,(H,13,14)(H,15,16). The average Bonchev–Trinajstić information content (AvgIpc) is 2.27. The van der Waals surface area contributed by atoms with Gasteiger partial charge in [0.25, 0.3) is 0 Å². The summed E-state index contributed by atoms with van der Waals surface area (Å²) in [6.45, 7) is 0. The molecule has 1 amide bonds. The first-order valence-electron chi connectivity index (χ1n) is 5.03. The van der Waals surface area contributed by atoms with Crippen LogP contribution in [0.1, 0.15) is 18.5 Å². The molecule has 1 aromatic heterocycles. The fourth-order valence-electron chi connectivity index (χ4n) is 1.41. The van der Waals surface area contributed by atoms with E-state index in [4.69, 9.17) is 5.11 Å². The topological polar surface area (TPSA) is 79.3 Å². The third kappa shape index (κ3) is 4.54. The Balaban J connectivity index is 2.50. The SMILES string of the molecule is O=CNC(CCC(=O)O)Cc1ccccn1. The predicted octanol–water partition coefficient (Wildman–Crippen LogP) is 0.603. The Morgan fingerprint density at radius 3 is 2.94 bits per heavy atom. The number of carbonyl (C=O) groups is 2. The largest absolute Gasteiger partial charge is 0.481 e. The maximum Gasteiger partial charge on any atom is 0.303 e. The molecule has 0 fully saturated rings. The number of rotatable bonds is 7. The molecule has 5 nitrogen and oxygen atoms in total. The lowest BCUT2D eigenvalue weighted by molar-refractivity contribution is -0.137. The van der Waals surface area contributed by atoms with Gasteiger partial charge in [-0.05, 0) is 18.6 Å². The lowest BCUT2D eigenvalue weighted by Gasteiger charge is -2.14.